The Morgan fingerprint density at radius 2 is 2.19 bits per heavy atom. The van der Waals surface area contributed by atoms with E-state index in [0.29, 0.717) is 11.4 Å². The predicted octanol–water partition coefficient (Wildman–Crippen LogP) is 1.22. The van der Waals surface area contributed by atoms with Gasteiger partial charge >= 0.3 is 0 Å². The molecule has 3 atom stereocenters. The van der Waals surface area contributed by atoms with Gasteiger partial charge in [-0.15, -0.1) is 11.6 Å². The second-order valence-electron chi connectivity index (χ2n) is 7.39. The van der Waals surface area contributed by atoms with Crippen molar-refractivity contribution < 1.29 is 24.5 Å². The molecule has 1 aliphatic heterocycles. The molecule has 1 fully saturated rings. The minimum Gasteiger partial charge on any atom is -0.508 e. The molecule has 11 heteroatoms. The smallest absolute Gasteiger partial charge is 0.256 e. The summed E-state index contributed by atoms with van der Waals surface area (Å²) in [7, 11) is 0. The number of aromatic nitrogens is 3. The molecule has 1 saturated heterocycles. The van der Waals surface area contributed by atoms with Crippen molar-refractivity contribution in [3.63, 3.8) is 0 Å². The lowest BCUT2D eigenvalue weighted by Gasteiger charge is -2.26. The molecule has 1 aromatic carbocycles. The number of nitrogens with one attached hydrogen (secondary N) is 1. The fourth-order valence-corrected chi connectivity index (χ4v) is 3.80. The molecule has 0 aliphatic carbocycles. The second kappa shape index (κ2) is 8.66. The Labute approximate surface area is 181 Å². The number of nitrogens with zero attached hydrogens (tertiary/aromatic N) is 4. The number of carbonyl (C=O) groups is 1. The van der Waals surface area contributed by atoms with Gasteiger partial charge in [0.2, 0.25) is 0 Å². The van der Waals surface area contributed by atoms with E-state index in [4.69, 9.17) is 11.6 Å². The topological polar surface area (TPSA) is 123 Å². The molecule has 4 rings (SSSR count). The zero-order valence-corrected chi connectivity index (χ0v) is 17.1. The van der Waals surface area contributed by atoms with Crippen molar-refractivity contribution in [3.8, 4) is 5.75 Å². The molecular weight excluding hydrogens is 429 g/mol. The van der Waals surface area contributed by atoms with E-state index in [0.717, 1.165) is 6.07 Å². The van der Waals surface area contributed by atoms with Gasteiger partial charge < -0.3 is 25.5 Å². The zero-order chi connectivity index (χ0) is 22.1. The van der Waals surface area contributed by atoms with Crippen LogP contribution >= 0.6 is 11.6 Å². The van der Waals surface area contributed by atoms with Gasteiger partial charge in [-0.2, -0.15) is 5.10 Å². The fourth-order valence-electron chi connectivity index (χ4n) is 3.69. The number of β-amino-alcohol motifs (C(OH)–C–C–N with tert-alkyl or cyclic N) is 1. The Balaban J connectivity index is 1.67. The van der Waals surface area contributed by atoms with Crippen molar-refractivity contribution in [1.82, 2.24) is 19.9 Å². The lowest BCUT2D eigenvalue weighted by atomic mass is 10.0. The largest absolute Gasteiger partial charge is 0.508 e. The van der Waals surface area contributed by atoms with Crippen LogP contribution in [0, 0.1) is 5.82 Å². The first-order chi connectivity index (χ1) is 14.9. The third-order valence-corrected chi connectivity index (χ3v) is 5.55. The molecule has 0 bridgehead atoms. The van der Waals surface area contributed by atoms with Crippen LogP contribution in [0.25, 0.3) is 5.65 Å². The number of phenols is 1. The van der Waals surface area contributed by atoms with Crippen molar-refractivity contribution in [2.45, 2.75) is 24.7 Å². The molecular formula is C20H21ClFN5O4. The second-order valence-corrected chi connectivity index (χ2v) is 7.70. The SMILES string of the molecule is O=C(NC[C@H](O)CCl)c1cnn2ccc(N3CC(O)C[C@@H]3c3cc(F)ccc3O)nc12. The van der Waals surface area contributed by atoms with Gasteiger partial charge in [0, 0.05) is 24.8 Å². The highest BCUT2D eigenvalue weighted by molar-refractivity contribution is 6.18. The first kappa shape index (κ1) is 21.3. The number of phenolic OH excluding ortho intramolecular Hbond substituents is 1. The summed E-state index contributed by atoms with van der Waals surface area (Å²) in [6.07, 6.45) is 1.70. The number of anilines is 1. The number of hydrogen-bond donors (Lipinski definition) is 4. The van der Waals surface area contributed by atoms with E-state index in [1.54, 1.807) is 17.2 Å². The molecule has 164 valence electrons. The van der Waals surface area contributed by atoms with Crippen LogP contribution < -0.4 is 10.2 Å². The van der Waals surface area contributed by atoms with Gasteiger partial charge in [0.1, 0.15) is 22.9 Å². The van der Waals surface area contributed by atoms with Gasteiger partial charge in [0.15, 0.2) is 5.65 Å². The van der Waals surface area contributed by atoms with Crippen molar-refractivity contribution in [1.29, 1.82) is 0 Å². The number of carbonyl (C=O) groups excluding carboxylic acids is 1. The summed E-state index contributed by atoms with van der Waals surface area (Å²) in [5.41, 5.74) is 0.826. The van der Waals surface area contributed by atoms with Crippen molar-refractivity contribution in [2.24, 2.45) is 0 Å². The summed E-state index contributed by atoms with van der Waals surface area (Å²) in [6, 6.07) is 4.85. The van der Waals surface area contributed by atoms with Crippen LogP contribution in [0.1, 0.15) is 28.4 Å². The molecule has 0 saturated carbocycles. The minimum absolute atomic E-state index is 0.0109. The predicted molar refractivity (Wildman–Crippen MR) is 111 cm³/mol. The normalized spacial score (nSPS) is 19.7. The number of aromatic hydroxyl groups is 1. The van der Waals surface area contributed by atoms with Gasteiger partial charge in [-0.3, -0.25) is 4.79 Å². The summed E-state index contributed by atoms with van der Waals surface area (Å²) < 4.78 is 15.2. The standard InChI is InChI=1S/C20H21ClFN5O4/c21-7-13(29)8-23-20(31)15-9-24-27-4-3-18(25-19(15)27)26-10-12(28)6-16(26)14-5-11(22)1-2-17(14)30/h1-5,9,12-13,16,28-30H,6-8,10H2,(H,23,31)/t12?,13-,16-/m1/s1. The Morgan fingerprint density at radius 1 is 1.39 bits per heavy atom. The quantitative estimate of drug-likeness (QED) is 0.417. The maximum atomic E-state index is 13.8. The maximum Gasteiger partial charge on any atom is 0.256 e. The number of benzene rings is 1. The van der Waals surface area contributed by atoms with E-state index in [2.05, 4.69) is 15.4 Å². The highest BCUT2D eigenvalue weighted by atomic mass is 35.5. The number of aliphatic hydroxyl groups excluding tert-OH is 2. The Hall–Kier alpha value is -2.95. The van der Waals surface area contributed by atoms with E-state index in [-0.39, 0.29) is 42.4 Å². The molecule has 31 heavy (non-hydrogen) atoms. The summed E-state index contributed by atoms with van der Waals surface area (Å²) in [5, 5.41) is 36.7. The van der Waals surface area contributed by atoms with Crippen LogP contribution in [0.2, 0.25) is 0 Å². The zero-order valence-electron chi connectivity index (χ0n) is 16.3. The molecule has 4 N–H and O–H groups in total. The number of hydrogen-bond acceptors (Lipinski definition) is 7. The van der Waals surface area contributed by atoms with Crippen LogP contribution in [0.5, 0.6) is 5.75 Å². The maximum absolute atomic E-state index is 13.8. The van der Waals surface area contributed by atoms with Crippen LogP contribution in [-0.4, -0.2) is 67.0 Å². The number of rotatable bonds is 6. The summed E-state index contributed by atoms with van der Waals surface area (Å²) in [5.74, 6) is -0.610. The number of aliphatic hydroxyl groups is 2. The van der Waals surface area contributed by atoms with E-state index >= 15 is 0 Å². The number of halogens is 2. The third-order valence-electron chi connectivity index (χ3n) is 5.20. The summed E-state index contributed by atoms with van der Waals surface area (Å²) in [6.45, 7) is 0.208. The van der Waals surface area contributed by atoms with Crippen molar-refractivity contribution in [2.75, 3.05) is 23.9 Å². The van der Waals surface area contributed by atoms with Crippen molar-refractivity contribution >= 4 is 29.0 Å². The molecule has 3 heterocycles. The Morgan fingerprint density at radius 3 is 2.97 bits per heavy atom. The molecule has 0 spiro atoms. The van der Waals surface area contributed by atoms with Crippen LogP contribution in [-0.2, 0) is 0 Å². The molecule has 1 aliphatic rings. The Kier molecular flexibility index (Phi) is 5.94. The van der Waals surface area contributed by atoms with E-state index < -0.39 is 30.0 Å². The van der Waals surface area contributed by atoms with Gasteiger partial charge in [-0.25, -0.2) is 13.9 Å². The van der Waals surface area contributed by atoms with E-state index in [1.807, 2.05) is 0 Å². The average molecular weight is 450 g/mol. The lowest BCUT2D eigenvalue weighted by molar-refractivity contribution is 0.0926. The van der Waals surface area contributed by atoms with Gasteiger partial charge in [-0.05, 0) is 30.7 Å². The van der Waals surface area contributed by atoms with Crippen molar-refractivity contribution in [3.05, 3.63) is 53.6 Å². The molecule has 1 amide bonds. The van der Waals surface area contributed by atoms with Gasteiger partial charge in [0.25, 0.3) is 5.91 Å². The number of alkyl halides is 1. The average Bonchev–Trinajstić information content (AvgIpc) is 3.36. The van der Waals surface area contributed by atoms with Gasteiger partial charge in [-0.1, -0.05) is 0 Å². The molecule has 2 aromatic heterocycles. The lowest BCUT2D eigenvalue weighted by Crippen LogP contribution is -2.33. The molecule has 0 radical (unpaired) electrons. The van der Waals surface area contributed by atoms with Gasteiger partial charge in [0.05, 0.1) is 30.3 Å². The molecule has 1 unspecified atom stereocenters. The Bertz CT molecular complexity index is 1110. The third kappa shape index (κ3) is 4.27. The fraction of sp³-hybridized carbons (Fsp3) is 0.350. The van der Waals surface area contributed by atoms with Crippen LogP contribution in [0.4, 0.5) is 10.2 Å². The first-order valence-electron chi connectivity index (χ1n) is 9.67. The van der Waals surface area contributed by atoms with E-state index in [9.17, 15) is 24.5 Å². The minimum atomic E-state index is -0.873. The monoisotopic (exact) mass is 449 g/mol. The molecule has 3 aromatic rings. The highest BCUT2D eigenvalue weighted by Gasteiger charge is 2.35. The summed E-state index contributed by atoms with van der Waals surface area (Å²) >= 11 is 5.55. The van der Waals surface area contributed by atoms with Crippen LogP contribution in [0.3, 0.4) is 0 Å². The first-order valence-corrected chi connectivity index (χ1v) is 10.2. The van der Waals surface area contributed by atoms with Crippen LogP contribution in [0.15, 0.2) is 36.7 Å². The van der Waals surface area contributed by atoms with E-state index in [1.165, 1.54) is 22.8 Å². The number of fused-ring (bicyclic) bond motifs is 1. The highest BCUT2D eigenvalue weighted by Crippen LogP contribution is 2.39. The molecule has 9 nitrogen and oxygen atoms in total. The summed E-state index contributed by atoms with van der Waals surface area (Å²) in [4.78, 5) is 18.8. The number of amides is 1.